The normalized spacial score (nSPS) is 11.4. The molecule has 0 aliphatic carbocycles. The van der Waals surface area contributed by atoms with Gasteiger partial charge < -0.3 is 0 Å². The van der Waals surface area contributed by atoms with Gasteiger partial charge in [-0.3, -0.25) is 0 Å². The van der Waals surface area contributed by atoms with Gasteiger partial charge in [-0.2, -0.15) is 4.57 Å². The van der Waals surface area contributed by atoms with Crippen LogP contribution in [0.25, 0.3) is 5.57 Å². The maximum absolute atomic E-state index is 3.80. The van der Waals surface area contributed by atoms with E-state index in [4.69, 9.17) is 0 Å². The maximum Gasteiger partial charge on any atom is 0.212 e. The Kier molecular flexibility index (Phi) is 3.44. The Morgan fingerprint density at radius 2 is 2.31 bits per heavy atom. The van der Waals surface area contributed by atoms with Gasteiger partial charge in [0.15, 0.2) is 6.20 Å². The van der Waals surface area contributed by atoms with Gasteiger partial charge in [0.25, 0.3) is 0 Å². The van der Waals surface area contributed by atoms with Crippen molar-refractivity contribution in [3.8, 4) is 0 Å². The second kappa shape index (κ2) is 4.61. The molecular weight excluding hydrogens is 158 g/mol. The van der Waals surface area contributed by atoms with Crippen LogP contribution in [0.3, 0.4) is 0 Å². The lowest BCUT2D eigenvalue weighted by atomic mass is 10.1. The highest BCUT2D eigenvalue weighted by molar-refractivity contribution is 5.68. The molecule has 0 radical (unpaired) electrons. The smallest absolute Gasteiger partial charge is 0.199 e. The lowest BCUT2D eigenvalue weighted by Gasteiger charge is -2.00. The van der Waals surface area contributed by atoms with Gasteiger partial charge in [0.05, 0.1) is 0 Å². The zero-order valence-corrected chi connectivity index (χ0v) is 8.33. The molecule has 1 heteroatoms. The number of allylic oxidation sites excluding steroid dienone is 3. The van der Waals surface area contributed by atoms with Crippen LogP contribution in [-0.2, 0) is 6.54 Å². The van der Waals surface area contributed by atoms with Gasteiger partial charge in [-0.1, -0.05) is 18.7 Å². The average molecular weight is 174 g/mol. The molecule has 0 bridgehead atoms. The zero-order chi connectivity index (χ0) is 9.68. The Morgan fingerprint density at radius 3 is 2.85 bits per heavy atom. The molecule has 68 valence electrons. The van der Waals surface area contributed by atoms with Crippen LogP contribution >= 0.6 is 0 Å². The molecule has 1 aromatic heterocycles. The molecule has 0 aliphatic heterocycles. The molecule has 0 aromatic carbocycles. The van der Waals surface area contributed by atoms with Crippen molar-refractivity contribution >= 4 is 5.57 Å². The van der Waals surface area contributed by atoms with E-state index >= 15 is 0 Å². The molecule has 13 heavy (non-hydrogen) atoms. The van der Waals surface area contributed by atoms with Crippen LogP contribution in [0.1, 0.15) is 19.5 Å². The number of aryl methyl sites for hydroxylation is 1. The monoisotopic (exact) mass is 174 g/mol. The van der Waals surface area contributed by atoms with Crippen LogP contribution in [0.15, 0.2) is 43.1 Å². The van der Waals surface area contributed by atoms with Crippen molar-refractivity contribution in [1.82, 2.24) is 0 Å². The van der Waals surface area contributed by atoms with Crippen molar-refractivity contribution in [2.45, 2.75) is 20.4 Å². The van der Waals surface area contributed by atoms with Crippen molar-refractivity contribution in [2.24, 2.45) is 0 Å². The van der Waals surface area contributed by atoms with E-state index in [1.807, 2.05) is 19.1 Å². The van der Waals surface area contributed by atoms with Crippen molar-refractivity contribution in [3.05, 3.63) is 48.8 Å². The van der Waals surface area contributed by atoms with Crippen molar-refractivity contribution in [1.29, 1.82) is 0 Å². The van der Waals surface area contributed by atoms with Gasteiger partial charge in [0.1, 0.15) is 6.54 Å². The minimum Gasteiger partial charge on any atom is -0.199 e. The standard InChI is InChI=1S/C12H16N/c1-4-11(5-2)12-9-7-8-10-13(12)6-3/h4-5,7-10H,1,6H2,2-3H3/q+1. The molecule has 0 spiro atoms. The predicted molar refractivity (Wildman–Crippen MR) is 56.2 cm³/mol. The van der Waals surface area contributed by atoms with Gasteiger partial charge in [-0.25, -0.2) is 0 Å². The highest BCUT2D eigenvalue weighted by Crippen LogP contribution is 2.09. The molecule has 0 saturated heterocycles. The predicted octanol–water partition coefficient (Wildman–Crippen LogP) is 2.58. The third-order valence-corrected chi connectivity index (χ3v) is 2.11. The first-order valence-corrected chi connectivity index (χ1v) is 4.61. The first kappa shape index (κ1) is 9.72. The SMILES string of the molecule is C=CC(=CC)c1cccc[n+]1CC. The summed E-state index contributed by atoms with van der Waals surface area (Å²) < 4.78 is 2.21. The number of pyridine rings is 1. The van der Waals surface area contributed by atoms with E-state index in [1.165, 1.54) is 11.3 Å². The van der Waals surface area contributed by atoms with Crippen LogP contribution in [0.4, 0.5) is 0 Å². The van der Waals surface area contributed by atoms with E-state index < -0.39 is 0 Å². The van der Waals surface area contributed by atoms with E-state index in [9.17, 15) is 0 Å². The molecule has 0 unspecified atom stereocenters. The van der Waals surface area contributed by atoms with Crippen molar-refractivity contribution in [3.63, 3.8) is 0 Å². The fourth-order valence-electron chi connectivity index (χ4n) is 1.38. The van der Waals surface area contributed by atoms with Crippen LogP contribution in [0, 0.1) is 0 Å². The molecule has 0 saturated carbocycles. The third-order valence-electron chi connectivity index (χ3n) is 2.11. The van der Waals surface area contributed by atoms with Crippen molar-refractivity contribution < 1.29 is 4.57 Å². The Bertz CT molecular complexity index is 324. The summed E-state index contributed by atoms with van der Waals surface area (Å²) in [5.41, 5.74) is 2.41. The summed E-state index contributed by atoms with van der Waals surface area (Å²) in [5.74, 6) is 0. The summed E-state index contributed by atoms with van der Waals surface area (Å²) in [6, 6.07) is 6.21. The fourth-order valence-corrected chi connectivity index (χ4v) is 1.38. The van der Waals surface area contributed by atoms with Crippen LogP contribution < -0.4 is 4.57 Å². The molecular formula is C12H16N+. The molecule has 0 amide bonds. The van der Waals surface area contributed by atoms with E-state index in [0.717, 1.165) is 6.54 Å². The Morgan fingerprint density at radius 1 is 1.54 bits per heavy atom. The first-order chi connectivity index (χ1) is 6.33. The Balaban J connectivity index is 3.19. The van der Waals surface area contributed by atoms with Crippen LogP contribution in [0.5, 0.6) is 0 Å². The third kappa shape index (κ3) is 2.05. The number of hydrogen-bond acceptors (Lipinski definition) is 0. The van der Waals surface area contributed by atoms with E-state index in [-0.39, 0.29) is 0 Å². The highest BCUT2D eigenvalue weighted by atomic mass is 14.9. The minimum absolute atomic E-state index is 0.987. The lowest BCUT2D eigenvalue weighted by Crippen LogP contribution is -2.35. The van der Waals surface area contributed by atoms with Crippen molar-refractivity contribution in [2.75, 3.05) is 0 Å². The van der Waals surface area contributed by atoms with Crippen LogP contribution in [0.2, 0.25) is 0 Å². The summed E-state index contributed by atoms with van der Waals surface area (Å²) in [6.45, 7) is 8.96. The second-order valence-electron chi connectivity index (χ2n) is 2.82. The molecule has 0 fully saturated rings. The van der Waals surface area contributed by atoms with Gasteiger partial charge in [0, 0.05) is 17.7 Å². The van der Waals surface area contributed by atoms with E-state index in [1.54, 1.807) is 0 Å². The fraction of sp³-hybridized carbons (Fsp3) is 0.250. The summed E-state index contributed by atoms with van der Waals surface area (Å²) in [7, 11) is 0. The van der Waals surface area contributed by atoms with Gasteiger partial charge >= 0.3 is 0 Å². The maximum atomic E-state index is 3.80. The summed E-state index contributed by atoms with van der Waals surface area (Å²) in [5, 5.41) is 0. The number of rotatable bonds is 3. The lowest BCUT2D eigenvalue weighted by molar-refractivity contribution is -0.695. The number of aromatic nitrogens is 1. The minimum atomic E-state index is 0.987. The molecule has 1 nitrogen and oxygen atoms in total. The topological polar surface area (TPSA) is 3.88 Å². The number of hydrogen-bond donors (Lipinski definition) is 0. The summed E-state index contributed by atoms with van der Waals surface area (Å²) in [4.78, 5) is 0. The molecule has 0 atom stereocenters. The van der Waals surface area contributed by atoms with Crippen LogP contribution in [-0.4, -0.2) is 0 Å². The Labute approximate surface area is 80.0 Å². The highest BCUT2D eigenvalue weighted by Gasteiger charge is 2.08. The Hall–Kier alpha value is -1.37. The molecule has 0 N–H and O–H groups in total. The molecule has 1 aromatic rings. The molecule has 0 aliphatic rings. The van der Waals surface area contributed by atoms with Gasteiger partial charge in [-0.05, 0) is 19.9 Å². The summed E-state index contributed by atoms with van der Waals surface area (Å²) >= 11 is 0. The zero-order valence-electron chi connectivity index (χ0n) is 8.33. The molecule has 1 rings (SSSR count). The summed E-state index contributed by atoms with van der Waals surface area (Å²) in [6.07, 6.45) is 6.05. The average Bonchev–Trinajstić information content (AvgIpc) is 2.20. The first-order valence-electron chi connectivity index (χ1n) is 4.61. The second-order valence-corrected chi connectivity index (χ2v) is 2.82. The largest absolute Gasteiger partial charge is 0.212 e. The van der Waals surface area contributed by atoms with E-state index in [0.29, 0.717) is 0 Å². The van der Waals surface area contributed by atoms with E-state index in [2.05, 4.69) is 42.5 Å². The quantitative estimate of drug-likeness (QED) is 0.490. The number of nitrogens with zero attached hydrogens (tertiary/aromatic N) is 1. The molecule has 1 heterocycles. The van der Waals surface area contributed by atoms with Gasteiger partial charge in [0.2, 0.25) is 5.69 Å². The van der Waals surface area contributed by atoms with Gasteiger partial charge in [-0.15, -0.1) is 0 Å².